The van der Waals surface area contributed by atoms with Crippen LogP contribution in [0.4, 0.5) is 6.01 Å². The van der Waals surface area contributed by atoms with E-state index in [4.69, 9.17) is 18.9 Å². The highest BCUT2D eigenvalue weighted by molar-refractivity contribution is 7.99. The number of carbonyl (C=O) groups excluding carboxylic acids is 1. The topological polar surface area (TPSA) is 99.4 Å². The summed E-state index contributed by atoms with van der Waals surface area (Å²) in [5.41, 5.74) is 2.70. The van der Waals surface area contributed by atoms with E-state index in [0.29, 0.717) is 27.9 Å². The van der Waals surface area contributed by atoms with Gasteiger partial charge >= 0.3 is 6.01 Å². The Morgan fingerprint density at radius 1 is 1.09 bits per heavy atom. The Morgan fingerprint density at radius 3 is 2.55 bits per heavy atom. The van der Waals surface area contributed by atoms with Crippen molar-refractivity contribution in [2.75, 3.05) is 25.3 Å². The van der Waals surface area contributed by atoms with Crippen LogP contribution in [-0.4, -0.2) is 41.1 Å². The number of rotatable bonds is 8. The second-order valence-electron chi connectivity index (χ2n) is 7.53. The minimum atomic E-state index is -0.259. The molecule has 0 aliphatic carbocycles. The van der Waals surface area contributed by atoms with Gasteiger partial charge in [-0.15, -0.1) is 5.10 Å². The molecule has 0 aliphatic rings. The summed E-state index contributed by atoms with van der Waals surface area (Å²) < 4.78 is 16.5. The van der Waals surface area contributed by atoms with Gasteiger partial charge in [0.05, 0.1) is 35.9 Å². The molecule has 0 aliphatic heterocycles. The Balaban J connectivity index is 1.64. The van der Waals surface area contributed by atoms with Gasteiger partial charge in [-0.25, -0.2) is 4.98 Å². The standard InChI is InChI=1S/C24H24N4O4S/c1-14(2)23-27-28-24(32-23)26-20(29)13-33-21-12-17(15-8-6-5-7-9-15)22-18(25-21)10-16(30-3)11-19(22)31-4/h5-12,14H,13H2,1-4H3,(H,26,28,29). The summed E-state index contributed by atoms with van der Waals surface area (Å²) in [5.74, 6) is 1.75. The second-order valence-corrected chi connectivity index (χ2v) is 8.53. The summed E-state index contributed by atoms with van der Waals surface area (Å²) in [4.78, 5) is 17.2. The molecule has 33 heavy (non-hydrogen) atoms. The van der Waals surface area contributed by atoms with Crippen molar-refractivity contribution in [3.63, 3.8) is 0 Å². The van der Waals surface area contributed by atoms with Crippen LogP contribution in [0.5, 0.6) is 11.5 Å². The molecule has 0 unspecified atom stereocenters. The van der Waals surface area contributed by atoms with Crippen LogP contribution in [0.15, 0.2) is 58.0 Å². The molecule has 0 saturated carbocycles. The number of pyridine rings is 1. The number of carbonyl (C=O) groups is 1. The highest BCUT2D eigenvalue weighted by Crippen LogP contribution is 2.39. The van der Waals surface area contributed by atoms with Crippen LogP contribution in [0.3, 0.4) is 0 Å². The molecule has 4 rings (SSSR count). The average Bonchev–Trinajstić information content (AvgIpc) is 3.30. The van der Waals surface area contributed by atoms with Gasteiger partial charge in [0.15, 0.2) is 0 Å². The molecule has 9 heteroatoms. The molecule has 0 saturated heterocycles. The van der Waals surface area contributed by atoms with Crippen LogP contribution < -0.4 is 14.8 Å². The fourth-order valence-corrected chi connectivity index (χ4v) is 4.01. The minimum absolute atomic E-state index is 0.0877. The number of nitrogens with zero attached hydrogens (tertiary/aromatic N) is 3. The number of hydrogen-bond donors (Lipinski definition) is 1. The zero-order chi connectivity index (χ0) is 23.4. The third-order valence-electron chi connectivity index (χ3n) is 4.90. The molecule has 0 spiro atoms. The van der Waals surface area contributed by atoms with Gasteiger partial charge < -0.3 is 13.9 Å². The molecule has 170 valence electrons. The summed E-state index contributed by atoms with van der Waals surface area (Å²) in [7, 11) is 3.22. The Morgan fingerprint density at radius 2 is 1.88 bits per heavy atom. The first-order chi connectivity index (χ1) is 16.0. The second kappa shape index (κ2) is 9.91. The van der Waals surface area contributed by atoms with Crippen molar-refractivity contribution in [1.29, 1.82) is 0 Å². The maximum Gasteiger partial charge on any atom is 0.322 e. The zero-order valence-corrected chi connectivity index (χ0v) is 19.6. The van der Waals surface area contributed by atoms with E-state index in [1.165, 1.54) is 11.8 Å². The average molecular weight is 465 g/mol. The fourth-order valence-electron chi connectivity index (χ4n) is 3.29. The molecule has 2 aromatic carbocycles. The lowest BCUT2D eigenvalue weighted by Crippen LogP contribution is -2.14. The molecule has 1 amide bonds. The number of ether oxygens (including phenoxy) is 2. The molecular weight excluding hydrogens is 440 g/mol. The summed E-state index contributed by atoms with van der Waals surface area (Å²) in [6.07, 6.45) is 0. The van der Waals surface area contributed by atoms with Crippen molar-refractivity contribution in [3.8, 4) is 22.6 Å². The van der Waals surface area contributed by atoms with Gasteiger partial charge in [-0.2, -0.15) is 0 Å². The molecular formula is C24H24N4O4S. The van der Waals surface area contributed by atoms with E-state index < -0.39 is 0 Å². The predicted octanol–water partition coefficient (Wildman–Crippen LogP) is 5.16. The monoisotopic (exact) mass is 464 g/mol. The first-order valence-electron chi connectivity index (χ1n) is 10.4. The SMILES string of the molecule is COc1cc(OC)c2c(-c3ccccc3)cc(SCC(=O)Nc3nnc(C(C)C)o3)nc2c1. The molecule has 1 N–H and O–H groups in total. The molecule has 0 bridgehead atoms. The van der Waals surface area contributed by atoms with E-state index in [-0.39, 0.29) is 23.6 Å². The van der Waals surface area contributed by atoms with Crippen molar-refractivity contribution in [1.82, 2.24) is 15.2 Å². The molecule has 2 aromatic heterocycles. The number of amides is 1. The van der Waals surface area contributed by atoms with Crippen LogP contribution in [0.2, 0.25) is 0 Å². The predicted molar refractivity (Wildman–Crippen MR) is 128 cm³/mol. The lowest BCUT2D eigenvalue weighted by molar-refractivity contribution is -0.113. The molecule has 0 atom stereocenters. The van der Waals surface area contributed by atoms with Crippen molar-refractivity contribution < 1.29 is 18.7 Å². The van der Waals surface area contributed by atoms with E-state index in [1.807, 2.05) is 62.4 Å². The van der Waals surface area contributed by atoms with Crippen LogP contribution in [0, 0.1) is 0 Å². The number of thioether (sulfide) groups is 1. The zero-order valence-electron chi connectivity index (χ0n) is 18.8. The Labute approximate surface area is 195 Å². The van der Waals surface area contributed by atoms with E-state index in [2.05, 4.69) is 15.5 Å². The van der Waals surface area contributed by atoms with Crippen molar-refractivity contribution >= 4 is 34.6 Å². The quantitative estimate of drug-likeness (QED) is 0.357. The first kappa shape index (κ1) is 22.6. The normalized spacial score (nSPS) is 11.1. The molecule has 8 nitrogen and oxygen atoms in total. The van der Waals surface area contributed by atoms with Gasteiger partial charge in [0.1, 0.15) is 11.5 Å². The van der Waals surface area contributed by atoms with Crippen LogP contribution in [-0.2, 0) is 4.79 Å². The Kier molecular flexibility index (Phi) is 6.79. The number of hydrogen-bond acceptors (Lipinski definition) is 8. The van der Waals surface area contributed by atoms with Crippen molar-refractivity contribution in [2.45, 2.75) is 24.8 Å². The van der Waals surface area contributed by atoms with E-state index in [9.17, 15) is 4.79 Å². The maximum atomic E-state index is 12.5. The summed E-state index contributed by atoms with van der Waals surface area (Å²) in [6.45, 7) is 3.88. The van der Waals surface area contributed by atoms with Crippen LogP contribution in [0.1, 0.15) is 25.7 Å². The van der Waals surface area contributed by atoms with Gasteiger partial charge in [0.2, 0.25) is 11.8 Å². The number of methoxy groups -OCH3 is 2. The maximum absolute atomic E-state index is 12.5. The fraction of sp³-hybridized carbons (Fsp3) is 0.250. The van der Waals surface area contributed by atoms with E-state index in [0.717, 1.165) is 16.5 Å². The van der Waals surface area contributed by atoms with Gasteiger partial charge in [-0.05, 0) is 17.2 Å². The molecule has 0 fully saturated rings. The number of nitrogens with one attached hydrogen (secondary N) is 1. The largest absolute Gasteiger partial charge is 0.497 e. The number of benzene rings is 2. The molecule has 4 aromatic rings. The summed E-state index contributed by atoms with van der Waals surface area (Å²) in [5, 5.41) is 12.0. The Hall–Kier alpha value is -3.59. The van der Waals surface area contributed by atoms with Crippen LogP contribution >= 0.6 is 11.8 Å². The minimum Gasteiger partial charge on any atom is -0.497 e. The van der Waals surface area contributed by atoms with Gasteiger partial charge in [-0.3, -0.25) is 10.1 Å². The molecule has 0 radical (unpaired) electrons. The lowest BCUT2D eigenvalue weighted by atomic mass is 10.0. The smallest absolute Gasteiger partial charge is 0.322 e. The summed E-state index contributed by atoms with van der Waals surface area (Å²) in [6, 6.07) is 15.7. The summed E-state index contributed by atoms with van der Waals surface area (Å²) >= 11 is 1.32. The highest BCUT2D eigenvalue weighted by Gasteiger charge is 2.17. The number of anilines is 1. The molecule has 2 heterocycles. The van der Waals surface area contributed by atoms with Crippen molar-refractivity contribution in [2.24, 2.45) is 0 Å². The third kappa shape index (κ3) is 5.09. The highest BCUT2D eigenvalue weighted by atomic mass is 32.2. The Bertz CT molecular complexity index is 1270. The third-order valence-corrected chi connectivity index (χ3v) is 5.81. The van der Waals surface area contributed by atoms with Crippen molar-refractivity contribution in [3.05, 3.63) is 54.4 Å². The van der Waals surface area contributed by atoms with Crippen LogP contribution in [0.25, 0.3) is 22.0 Å². The lowest BCUT2D eigenvalue weighted by Gasteiger charge is -2.14. The number of fused-ring (bicyclic) bond motifs is 1. The van der Waals surface area contributed by atoms with E-state index >= 15 is 0 Å². The van der Waals surface area contributed by atoms with Gasteiger partial charge in [0, 0.05) is 18.1 Å². The first-order valence-corrected chi connectivity index (χ1v) is 11.3. The van der Waals surface area contributed by atoms with E-state index in [1.54, 1.807) is 14.2 Å². The number of aromatic nitrogens is 3. The van der Waals surface area contributed by atoms with Gasteiger partial charge in [0.25, 0.3) is 0 Å². The van der Waals surface area contributed by atoms with Gasteiger partial charge in [-0.1, -0.05) is 61.0 Å².